The van der Waals surface area contributed by atoms with Crippen LogP contribution < -0.4 is 21.2 Å². The topological polar surface area (TPSA) is 190 Å². The molecule has 1 aliphatic carbocycles. The van der Waals surface area contributed by atoms with E-state index in [0.29, 0.717) is 42.3 Å². The Hall–Kier alpha value is -5.58. The maximum atomic E-state index is 14.4. The summed E-state index contributed by atoms with van der Waals surface area (Å²) in [6, 6.07) is 5.61. The molecule has 4 aromatic rings. The Morgan fingerprint density at radius 1 is 1.15 bits per heavy atom. The van der Waals surface area contributed by atoms with Crippen molar-refractivity contribution in [1.82, 2.24) is 24.4 Å². The highest BCUT2D eigenvalue weighted by Gasteiger charge is 2.49. The number of aromatic hydroxyl groups is 1. The van der Waals surface area contributed by atoms with Crippen LogP contribution in [0.1, 0.15) is 65.1 Å². The summed E-state index contributed by atoms with van der Waals surface area (Å²) in [6.07, 6.45) is -0.754. The molecule has 2 amide bonds. The molecule has 52 heavy (non-hydrogen) atoms. The van der Waals surface area contributed by atoms with Gasteiger partial charge in [0.25, 0.3) is 5.91 Å². The summed E-state index contributed by atoms with van der Waals surface area (Å²) < 4.78 is 46.3. The number of methoxy groups -OCH3 is 1. The molecular formula is C34H33ClF3N9O5. The van der Waals surface area contributed by atoms with E-state index in [4.69, 9.17) is 22.1 Å². The maximum absolute atomic E-state index is 14.4. The Bertz CT molecular complexity index is 2170. The number of ether oxygens (including phenoxy) is 1. The zero-order chi connectivity index (χ0) is 37.5. The van der Waals surface area contributed by atoms with Gasteiger partial charge >= 0.3 is 6.18 Å². The second kappa shape index (κ2) is 13.9. The van der Waals surface area contributed by atoms with Gasteiger partial charge in [-0.15, -0.1) is 5.11 Å². The van der Waals surface area contributed by atoms with E-state index in [2.05, 4.69) is 30.5 Å². The van der Waals surface area contributed by atoms with Gasteiger partial charge in [-0.2, -0.15) is 18.3 Å². The molecule has 0 radical (unpaired) electrons. The number of hydrogen-bond acceptors (Lipinski definition) is 11. The van der Waals surface area contributed by atoms with Crippen molar-refractivity contribution in [3.05, 3.63) is 86.3 Å². The molecule has 0 bridgehead atoms. The lowest BCUT2D eigenvalue weighted by molar-refractivity contribution is -0.137. The SMILES string of the molecule is COc1cc(N=Nc2c(N)n(CC(=O)Nc3ccc(C(F)(F)F)cc3Cl)c3c(c2=O)C2(CCN(C(=O)c4ncnc(C)c4O)CC2)CC3C)ccn1. The summed E-state index contributed by atoms with van der Waals surface area (Å²) in [5.74, 6) is -1.61. The minimum absolute atomic E-state index is 0.0473. The molecule has 2 aliphatic rings. The minimum Gasteiger partial charge on any atom is -0.504 e. The van der Waals surface area contributed by atoms with Crippen LogP contribution in [0.5, 0.6) is 11.6 Å². The standard InChI is InChI=1S/C34H33ClF3N9O5/c1-17-14-33(7-10-46(11-8-33)32(51)27-29(49)18(2)41-16-42-27)25-28(17)47(15-23(48)43-22-5-4-19(12-21(22)35)34(36,37)38)31(39)26(30(25)50)45-44-20-6-9-40-24(13-20)52-3/h4-6,9,12-13,16-17,49H,7-8,10-11,14-15,39H2,1-3H3,(H,43,48). The third-order valence-electron chi connectivity index (χ3n) is 9.50. The van der Waals surface area contributed by atoms with Crippen molar-refractivity contribution in [3.63, 3.8) is 0 Å². The highest BCUT2D eigenvalue weighted by molar-refractivity contribution is 6.33. The first-order valence-electron chi connectivity index (χ1n) is 16.1. The molecule has 1 spiro atoms. The fourth-order valence-electron chi connectivity index (χ4n) is 6.99. The fourth-order valence-corrected chi connectivity index (χ4v) is 7.22. The Labute approximate surface area is 299 Å². The third-order valence-corrected chi connectivity index (χ3v) is 9.81. The number of amides is 2. The van der Waals surface area contributed by atoms with Gasteiger partial charge in [-0.1, -0.05) is 18.5 Å². The summed E-state index contributed by atoms with van der Waals surface area (Å²) in [6.45, 7) is 3.49. The molecule has 14 nitrogen and oxygen atoms in total. The molecule has 1 atom stereocenters. The number of hydrogen-bond donors (Lipinski definition) is 3. The molecule has 6 rings (SSSR count). The second-order valence-electron chi connectivity index (χ2n) is 12.7. The summed E-state index contributed by atoms with van der Waals surface area (Å²) in [5, 5.41) is 21.1. The second-order valence-corrected chi connectivity index (χ2v) is 13.1. The minimum atomic E-state index is -4.63. The van der Waals surface area contributed by atoms with Crippen LogP contribution in [0.15, 0.2) is 57.9 Å². The van der Waals surface area contributed by atoms with Crippen LogP contribution in [0, 0.1) is 6.92 Å². The number of rotatable bonds is 7. The van der Waals surface area contributed by atoms with E-state index >= 15 is 0 Å². The lowest BCUT2D eigenvalue weighted by Gasteiger charge is -2.40. The normalized spacial score (nSPS) is 16.7. The van der Waals surface area contributed by atoms with Crippen LogP contribution in [0.25, 0.3) is 0 Å². The molecular weight excluding hydrogens is 707 g/mol. The van der Waals surface area contributed by atoms with Crippen molar-refractivity contribution in [2.24, 2.45) is 10.2 Å². The van der Waals surface area contributed by atoms with Gasteiger partial charge in [0.15, 0.2) is 17.1 Å². The number of halogens is 4. The van der Waals surface area contributed by atoms with Gasteiger partial charge in [-0.3, -0.25) is 14.4 Å². The number of nitrogens with two attached hydrogens (primary N) is 1. The summed E-state index contributed by atoms with van der Waals surface area (Å²) in [7, 11) is 1.43. The lowest BCUT2D eigenvalue weighted by Crippen LogP contribution is -2.46. The Morgan fingerprint density at radius 3 is 2.56 bits per heavy atom. The number of carbonyl (C=O) groups excluding carboxylic acids is 2. The Morgan fingerprint density at radius 2 is 1.88 bits per heavy atom. The number of azo groups is 1. The van der Waals surface area contributed by atoms with Gasteiger partial charge in [0.2, 0.25) is 17.2 Å². The van der Waals surface area contributed by atoms with E-state index in [1.165, 1.54) is 30.3 Å². The zero-order valence-corrected chi connectivity index (χ0v) is 28.9. The fraction of sp³-hybridized carbons (Fsp3) is 0.353. The number of likely N-dealkylation sites (tertiary alicyclic amines) is 1. The van der Waals surface area contributed by atoms with Crippen LogP contribution in [-0.4, -0.2) is 61.5 Å². The van der Waals surface area contributed by atoms with Gasteiger partial charge < -0.3 is 30.4 Å². The molecule has 4 heterocycles. The Balaban J connectivity index is 1.38. The number of anilines is 2. The first kappa shape index (κ1) is 36.2. The van der Waals surface area contributed by atoms with Gasteiger partial charge in [0.1, 0.15) is 18.7 Å². The molecule has 1 saturated heterocycles. The molecule has 4 N–H and O–H groups in total. The van der Waals surface area contributed by atoms with E-state index in [9.17, 15) is 32.7 Å². The number of benzene rings is 1. The third kappa shape index (κ3) is 6.75. The number of nitrogens with zero attached hydrogens (tertiary/aromatic N) is 7. The van der Waals surface area contributed by atoms with E-state index < -0.39 is 40.9 Å². The molecule has 0 saturated carbocycles. The summed E-state index contributed by atoms with van der Waals surface area (Å²) >= 11 is 6.11. The number of fused-ring (bicyclic) bond motifs is 2. The number of aryl methyl sites for hydroxylation is 1. The molecule has 1 aromatic carbocycles. The largest absolute Gasteiger partial charge is 0.504 e. The number of aromatic nitrogens is 4. The van der Waals surface area contributed by atoms with Crippen molar-refractivity contribution in [3.8, 4) is 11.6 Å². The number of nitrogens with one attached hydrogen (secondary N) is 1. The highest BCUT2D eigenvalue weighted by Crippen LogP contribution is 2.52. The first-order chi connectivity index (χ1) is 24.6. The van der Waals surface area contributed by atoms with Crippen LogP contribution >= 0.6 is 11.6 Å². The van der Waals surface area contributed by atoms with Crippen LogP contribution in [-0.2, 0) is 22.9 Å². The molecule has 272 valence electrons. The molecule has 3 aromatic heterocycles. The van der Waals surface area contributed by atoms with E-state index in [-0.39, 0.29) is 64.2 Å². The van der Waals surface area contributed by atoms with Crippen LogP contribution in [0.4, 0.5) is 36.1 Å². The smallest absolute Gasteiger partial charge is 0.416 e. The maximum Gasteiger partial charge on any atom is 0.416 e. The van der Waals surface area contributed by atoms with Crippen molar-refractivity contribution in [1.29, 1.82) is 0 Å². The van der Waals surface area contributed by atoms with Crippen LogP contribution in [0.3, 0.4) is 0 Å². The number of carbonyl (C=O) groups is 2. The average Bonchev–Trinajstić information content (AvgIpc) is 3.39. The average molecular weight is 740 g/mol. The summed E-state index contributed by atoms with van der Waals surface area (Å²) in [5.41, 5.74) is 5.50. The number of pyridine rings is 2. The predicted molar refractivity (Wildman–Crippen MR) is 183 cm³/mol. The van der Waals surface area contributed by atoms with Crippen molar-refractivity contribution in [2.75, 3.05) is 31.2 Å². The van der Waals surface area contributed by atoms with Gasteiger partial charge in [-0.25, -0.2) is 15.0 Å². The molecule has 1 aliphatic heterocycles. The number of nitrogen functional groups attached to an aromatic ring is 1. The van der Waals surface area contributed by atoms with E-state index in [1.54, 1.807) is 17.9 Å². The molecule has 18 heteroatoms. The Kier molecular flexibility index (Phi) is 9.65. The monoisotopic (exact) mass is 739 g/mol. The van der Waals surface area contributed by atoms with E-state index in [1.807, 2.05) is 6.92 Å². The van der Waals surface area contributed by atoms with Crippen molar-refractivity contribution >= 4 is 46.3 Å². The summed E-state index contributed by atoms with van der Waals surface area (Å²) in [4.78, 5) is 54.8. The first-order valence-corrected chi connectivity index (χ1v) is 16.5. The van der Waals surface area contributed by atoms with Crippen LogP contribution in [0.2, 0.25) is 5.02 Å². The molecule has 1 unspecified atom stereocenters. The highest BCUT2D eigenvalue weighted by atomic mass is 35.5. The van der Waals surface area contributed by atoms with E-state index in [0.717, 1.165) is 12.1 Å². The quantitative estimate of drug-likeness (QED) is 0.190. The number of alkyl halides is 3. The lowest BCUT2D eigenvalue weighted by atomic mass is 9.73. The zero-order valence-electron chi connectivity index (χ0n) is 28.2. The van der Waals surface area contributed by atoms with Crippen molar-refractivity contribution < 1.29 is 32.6 Å². The molecule has 1 fully saturated rings. The number of piperidine rings is 1. The van der Waals surface area contributed by atoms with Gasteiger partial charge in [-0.05, 0) is 56.4 Å². The predicted octanol–water partition coefficient (Wildman–Crippen LogP) is 6.05. The van der Waals surface area contributed by atoms with Gasteiger partial charge in [0.05, 0.1) is 34.8 Å². The van der Waals surface area contributed by atoms with Crippen molar-refractivity contribution in [2.45, 2.75) is 57.2 Å². The van der Waals surface area contributed by atoms with Gasteiger partial charge in [0, 0.05) is 42.0 Å².